The highest BCUT2D eigenvalue weighted by Gasteiger charge is 2.39. The first-order valence-electron chi connectivity index (χ1n) is 20.3. The summed E-state index contributed by atoms with van der Waals surface area (Å²) in [6.07, 6.45) is 52.9. The normalized spacial score (nSPS) is 32.8. The molecule has 294 valence electrons. The quantitative estimate of drug-likeness (QED) is 0.108. The molecule has 3 rings (SSSR count). The zero-order valence-corrected chi connectivity index (χ0v) is 32.7. The number of carbonyl (C=O) groups is 1. The van der Waals surface area contributed by atoms with E-state index in [0.717, 1.165) is 70.3 Å². The predicted molar refractivity (Wildman–Crippen MR) is 221 cm³/mol. The Morgan fingerprint density at radius 2 is 1.36 bits per heavy atom. The van der Waals surface area contributed by atoms with Crippen molar-refractivity contribution in [3.8, 4) is 0 Å². The van der Waals surface area contributed by atoms with Gasteiger partial charge in [-0.15, -0.1) is 0 Å². The molecule has 4 unspecified atom stereocenters. The van der Waals surface area contributed by atoms with E-state index in [0.29, 0.717) is 50.7 Å². The number of nitrogens with zero attached hydrogens (tertiary/aromatic N) is 1. The monoisotopic (exact) mass is 731 g/mol. The average Bonchev–Trinajstić information content (AvgIpc) is 3.75. The van der Waals surface area contributed by atoms with Gasteiger partial charge in [-0.2, -0.15) is 0 Å². The fourth-order valence-electron chi connectivity index (χ4n) is 7.24. The van der Waals surface area contributed by atoms with E-state index in [1.54, 1.807) is 0 Å². The van der Waals surface area contributed by atoms with Crippen molar-refractivity contribution >= 4 is 11.9 Å². The Bertz CT molecular complexity index is 1290. The number of ether oxygens (including phenoxy) is 3. The van der Waals surface area contributed by atoms with E-state index in [1.165, 1.54) is 25.7 Å². The number of nitrogens with one attached hydrogen (secondary N) is 1. The predicted octanol–water partition coefficient (Wildman–Crippen LogP) is 9.24. The summed E-state index contributed by atoms with van der Waals surface area (Å²) < 4.78 is 18.1. The molecular formula is C45H70N4O4. The molecule has 8 heteroatoms. The number of hydrogen-bond acceptors (Lipinski definition) is 6. The smallest absolute Gasteiger partial charge is 0.306 e. The lowest BCUT2D eigenvalue weighted by molar-refractivity contribution is -0.163. The van der Waals surface area contributed by atoms with Crippen LogP contribution in [0.25, 0.3) is 0 Å². The van der Waals surface area contributed by atoms with E-state index in [4.69, 9.17) is 25.7 Å². The van der Waals surface area contributed by atoms with Crippen LogP contribution in [-0.4, -0.2) is 57.2 Å². The molecule has 1 saturated heterocycles. The molecule has 0 radical (unpaired) electrons. The van der Waals surface area contributed by atoms with Crippen LogP contribution < -0.4 is 16.8 Å². The second-order valence-corrected chi connectivity index (χ2v) is 14.7. The van der Waals surface area contributed by atoms with Crippen molar-refractivity contribution in [1.29, 1.82) is 0 Å². The van der Waals surface area contributed by atoms with Crippen molar-refractivity contribution in [3.63, 3.8) is 0 Å². The van der Waals surface area contributed by atoms with Gasteiger partial charge in [0.25, 0.3) is 0 Å². The Kier molecular flexibility index (Phi) is 22.5. The first-order valence-corrected chi connectivity index (χ1v) is 20.3. The minimum Gasteiger partial charge on any atom is -0.461 e. The van der Waals surface area contributed by atoms with Crippen LogP contribution in [-0.2, 0) is 19.0 Å². The van der Waals surface area contributed by atoms with E-state index in [1.807, 2.05) is 12.2 Å². The molecule has 8 nitrogen and oxygen atoms in total. The highest BCUT2D eigenvalue weighted by Crippen LogP contribution is 2.48. The number of aliphatic imine (C=N–C) groups is 1. The molecule has 2 spiro atoms. The molecule has 0 bridgehead atoms. The Labute approximate surface area is 321 Å². The molecule has 4 atom stereocenters. The number of carbonyl (C=O) groups excluding carboxylic acids is 1. The molecule has 0 aromatic rings. The zero-order chi connectivity index (χ0) is 37.7. The van der Waals surface area contributed by atoms with Gasteiger partial charge in [0.1, 0.15) is 6.61 Å². The highest BCUT2D eigenvalue weighted by atomic mass is 16.7. The fourth-order valence-corrected chi connectivity index (χ4v) is 7.24. The van der Waals surface area contributed by atoms with Crippen LogP contribution in [0.4, 0.5) is 0 Å². The van der Waals surface area contributed by atoms with Crippen LogP contribution in [0.15, 0.2) is 102 Å². The van der Waals surface area contributed by atoms with Crippen LogP contribution in [0, 0.1) is 11.3 Å². The van der Waals surface area contributed by atoms with E-state index >= 15 is 0 Å². The van der Waals surface area contributed by atoms with Gasteiger partial charge in [-0.1, -0.05) is 97.2 Å². The summed E-state index contributed by atoms with van der Waals surface area (Å²) in [6.45, 7) is 2.42. The van der Waals surface area contributed by atoms with E-state index in [9.17, 15) is 4.79 Å². The SMILES string of the molecule is CNCCC1CCC2(C/C=C/C/C=C/CCC/C=C/C/C=C/CC3(C/C=C/C/C=C/COC(=O)CC/C=C/C/C=C/C2)OCC(CCN=C(N)N)O3)C1. The molecule has 2 fully saturated rings. The van der Waals surface area contributed by atoms with Gasteiger partial charge in [0, 0.05) is 25.8 Å². The summed E-state index contributed by atoms with van der Waals surface area (Å²) in [7, 11) is 2.06. The van der Waals surface area contributed by atoms with Crippen molar-refractivity contribution < 1.29 is 19.0 Å². The van der Waals surface area contributed by atoms with Crippen LogP contribution >= 0.6 is 0 Å². The third-order valence-corrected chi connectivity index (χ3v) is 10.2. The molecular weight excluding hydrogens is 661 g/mol. The summed E-state index contributed by atoms with van der Waals surface area (Å²) in [5.74, 6) is 0.0452. The van der Waals surface area contributed by atoms with Crippen molar-refractivity contribution in [1.82, 2.24) is 5.32 Å². The van der Waals surface area contributed by atoms with E-state index < -0.39 is 5.79 Å². The first-order chi connectivity index (χ1) is 25.9. The summed E-state index contributed by atoms with van der Waals surface area (Å²) in [4.78, 5) is 16.3. The number of nitrogens with two attached hydrogens (primary N) is 2. The lowest BCUT2D eigenvalue weighted by Crippen LogP contribution is -2.30. The number of cyclic esters (lactones) is 1. The highest BCUT2D eigenvalue weighted by molar-refractivity contribution is 5.75. The maximum absolute atomic E-state index is 12.2. The number of guanidine groups is 1. The second kappa shape index (κ2) is 27.2. The van der Waals surface area contributed by atoms with Crippen molar-refractivity contribution in [2.75, 3.05) is 33.4 Å². The lowest BCUT2D eigenvalue weighted by Gasteiger charge is -2.27. The Morgan fingerprint density at radius 1 is 0.774 bits per heavy atom. The second-order valence-electron chi connectivity index (χ2n) is 14.7. The number of esters is 1. The molecule has 0 aromatic carbocycles. The van der Waals surface area contributed by atoms with Gasteiger partial charge >= 0.3 is 5.97 Å². The standard InChI is InChI=1S/C45H70N4O4/c1-48-35-28-40-27-34-44(38-40)30-21-15-10-7-5-3-2-4-6-8-11-17-23-32-45(52-39-41(53-45)29-36-49-43(46)47)33-24-18-13-19-25-37-51-42(50)26-20-14-9-12-16-22-31-44/h5-9,14-19,21-25,40-41,48H,2-4,10-13,20,26-39H2,1H3,(H4,46,47,49)/b7-5+,8-6+,14-9+,21-15+,22-16+,23-17+,24-18+,25-19+. The molecule has 53 heavy (non-hydrogen) atoms. The molecule has 3 aliphatic rings. The molecule has 1 aliphatic carbocycles. The summed E-state index contributed by atoms with van der Waals surface area (Å²) >= 11 is 0. The van der Waals surface area contributed by atoms with Crippen LogP contribution in [0.1, 0.15) is 116 Å². The van der Waals surface area contributed by atoms with Gasteiger partial charge in [-0.3, -0.25) is 9.79 Å². The fraction of sp³-hybridized carbons (Fsp3) is 0.600. The minimum absolute atomic E-state index is 0.0528. The Hall–Kier alpha value is -3.46. The molecule has 5 N–H and O–H groups in total. The van der Waals surface area contributed by atoms with E-state index in [-0.39, 0.29) is 24.6 Å². The molecule has 0 aromatic heterocycles. The van der Waals surface area contributed by atoms with Crippen molar-refractivity contribution in [2.45, 2.75) is 127 Å². The summed E-state index contributed by atoms with van der Waals surface area (Å²) in [5.41, 5.74) is 11.4. The third-order valence-electron chi connectivity index (χ3n) is 10.2. The lowest BCUT2D eigenvalue weighted by atomic mass is 9.78. The van der Waals surface area contributed by atoms with Crippen LogP contribution in [0.2, 0.25) is 0 Å². The van der Waals surface area contributed by atoms with Crippen LogP contribution in [0.3, 0.4) is 0 Å². The Balaban J connectivity index is 1.55. The topological polar surface area (TPSA) is 121 Å². The van der Waals surface area contributed by atoms with Gasteiger partial charge in [0.05, 0.1) is 12.7 Å². The van der Waals surface area contributed by atoms with Gasteiger partial charge in [-0.05, 0) is 121 Å². The molecule has 2 aliphatic heterocycles. The molecule has 2 heterocycles. The largest absolute Gasteiger partial charge is 0.461 e. The van der Waals surface area contributed by atoms with Crippen LogP contribution in [0.5, 0.6) is 0 Å². The number of allylic oxidation sites excluding steroid dienone is 13. The van der Waals surface area contributed by atoms with Gasteiger partial charge in [0.15, 0.2) is 11.7 Å². The number of hydrogen-bond donors (Lipinski definition) is 3. The van der Waals surface area contributed by atoms with Gasteiger partial charge in [0.2, 0.25) is 0 Å². The maximum Gasteiger partial charge on any atom is 0.306 e. The maximum atomic E-state index is 12.2. The average molecular weight is 731 g/mol. The summed E-state index contributed by atoms with van der Waals surface area (Å²) in [5, 5.41) is 3.34. The Morgan fingerprint density at radius 3 is 1.98 bits per heavy atom. The molecule has 1 saturated carbocycles. The van der Waals surface area contributed by atoms with Gasteiger partial charge in [-0.25, -0.2) is 0 Å². The van der Waals surface area contributed by atoms with Crippen molar-refractivity contribution in [3.05, 3.63) is 97.2 Å². The minimum atomic E-state index is -0.699. The zero-order valence-electron chi connectivity index (χ0n) is 32.7. The molecule has 0 amide bonds. The third kappa shape index (κ3) is 20.0. The summed E-state index contributed by atoms with van der Waals surface area (Å²) in [6, 6.07) is 0. The first kappa shape index (κ1) is 43.9. The van der Waals surface area contributed by atoms with Gasteiger partial charge < -0.3 is 31.0 Å². The van der Waals surface area contributed by atoms with E-state index in [2.05, 4.69) is 102 Å². The number of rotatable bonds is 6. The van der Waals surface area contributed by atoms with Crippen molar-refractivity contribution in [2.24, 2.45) is 27.8 Å².